The summed E-state index contributed by atoms with van der Waals surface area (Å²) in [5, 5.41) is 8.85. The molecule has 13 heavy (non-hydrogen) atoms. The van der Waals surface area contributed by atoms with Crippen molar-refractivity contribution in [2.45, 2.75) is 19.3 Å². The van der Waals surface area contributed by atoms with E-state index >= 15 is 0 Å². The molecule has 0 aliphatic carbocycles. The van der Waals surface area contributed by atoms with Crippen molar-refractivity contribution < 1.29 is 0 Å². The number of nitriles is 1. The maximum Gasteiger partial charge on any atom is 0.117 e. The molecular weight excluding hydrogens is 162 g/mol. The van der Waals surface area contributed by atoms with Crippen molar-refractivity contribution >= 4 is 0 Å². The standard InChI is InChI=1S/C10H9N3/c1-4-8-5-9(13-7-12-8)10(2,3)6-11/h1,5,7H,2-3H3. The molecule has 1 rings (SSSR count). The minimum absolute atomic E-state index is 0.508. The molecule has 3 heteroatoms. The van der Waals surface area contributed by atoms with E-state index in [-0.39, 0.29) is 0 Å². The molecule has 0 amide bonds. The van der Waals surface area contributed by atoms with Crippen molar-refractivity contribution in [1.82, 2.24) is 9.97 Å². The van der Waals surface area contributed by atoms with Gasteiger partial charge in [-0.25, -0.2) is 9.97 Å². The van der Waals surface area contributed by atoms with Crippen LogP contribution in [0.5, 0.6) is 0 Å². The van der Waals surface area contributed by atoms with Gasteiger partial charge in [-0.2, -0.15) is 5.26 Å². The number of rotatable bonds is 1. The second kappa shape index (κ2) is 3.25. The minimum atomic E-state index is -0.617. The summed E-state index contributed by atoms with van der Waals surface area (Å²) in [6, 6.07) is 3.81. The fourth-order valence-corrected chi connectivity index (χ4v) is 0.835. The van der Waals surface area contributed by atoms with Gasteiger partial charge in [0, 0.05) is 0 Å². The highest BCUT2D eigenvalue weighted by atomic mass is 14.8. The lowest BCUT2D eigenvalue weighted by Gasteiger charge is -2.13. The Morgan fingerprint density at radius 2 is 2.15 bits per heavy atom. The third kappa shape index (κ3) is 1.83. The van der Waals surface area contributed by atoms with E-state index in [4.69, 9.17) is 11.7 Å². The zero-order valence-electron chi connectivity index (χ0n) is 7.57. The second-order valence-corrected chi connectivity index (χ2v) is 3.17. The monoisotopic (exact) mass is 171 g/mol. The van der Waals surface area contributed by atoms with Crippen LogP contribution in [-0.2, 0) is 5.41 Å². The third-order valence-electron chi connectivity index (χ3n) is 1.73. The summed E-state index contributed by atoms with van der Waals surface area (Å²) in [5.41, 5.74) is 0.542. The molecule has 0 aliphatic rings. The molecule has 0 N–H and O–H groups in total. The Morgan fingerprint density at radius 1 is 1.46 bits per heavy atom. The molecule has 1 aromatic rings. The maximum atomic E-state index is 8.85. The Bertz CT molecular complexity index is 393. The molecule has 0 aromatic carbocycles. The van der Waals surface area contributed by atoms with Gasteiger partial charge in [-0.1, -0.05) is 5.92 Å². The van der Waals surface area contributed by atoms with Crippen molar-refractivity contribution in [3.63, 3.8) is 0 Å². The third-order valence-corrected chi connectivity index (χ3v) is 1.73. The van der Waals surface area contributed by atoms with Crippen LogP contribution >= 0.6 is 0 Å². The molecule has 1 heterocycles. The van der Waals surface area contributed by atoms with Gasteiger partial charge in [-0.15, -0.1) is 6.42 Å². The van der Waals surface area contributed by atoms with E-state index in [9.17, 15) is 0 Å². The number of nitrogens with zero attached hydrogens (tertiary/aromatic N) is 3. The number of hydrogen-bond acceptors (Lipinski definition) is 3. The van der Waals surface area contributed by atoms with E-state index in [2.05, 4.69) is 22.0 Å². The average Bonchev–Trinajstić information content (AvgIpc) is 2.18. The number of aromatic nitrogens is 2. The topological polar surface area (TPSA) is 49.6 Å². The van der Waals surface area contributed by atoms with Crippen LogP contribution in [0.1, 0.15) is 25.2 Å². The first-order chi connectivity index (χ1) is 6.10. The van der Waals surface area contributed by atoms with E-state index in [0.717, 1.165) is 0 Å². The van der Waals surface area contributed by atoms with Gasteiger partial charge in [-0.05, 0) is 19.9 Å². The maximum absolute atomic E-state index is 8.85. The fourth-order valence-electron chi connectivity index (χ4n) is 0.835. The van der Waals surface area contributed by atoms with Gasteiger partial charge in [0.2, 0.25) is 0 Å². The van der Waals surface area contributed by atoms with Gasteiger partial charge in [0.25, 0.3) is 0 Å². The van der Waals surface area contributed by atoms with Crippen LogP contribution in [0.4, 0.5) is 0 Å². The first kappa shape index (κ1) is 9.22. The first-order valence-corrected chi connectivity index (χ1v) is 3.80. The summed E-state index contributed by atoms with van der Waals surface area (Å²) in [7, 11) is 0. The molecule has 0 aliphatic heterocycles. The molecule has 0 unspecified atom stereocenters. The number of terminal acetylenes is 1. The first-order valence-electron chi connectivity index (χ1n) is 3.80. The lowest BCUT2D eigenvalue weighted by molar-refractivity contribution is 0.655. The molecule has 0 bridgehead atoms. The zero-order valence-corrected chi connectivity index (χ0v) is 7.57. The van der Waals surface area contributed by atoms with Gasteiger partial charge in [-0.3, -0.25) is 0 Å². The van der Waals surface area contributed by atoms with Crippen LogP contribution in [0.3, 0.4) is 0 Å². The van der Waals surface area contributed by atoms with Gasteiger partial charge in [0.05, 0.1) is 17.2 Å². The fraction of sp³-hybridized carbons (Fsp3) is 0.300. The Morgan fingerprint density at radius 3 is 2.69 bits per heavy atom. The van der Waals surface area contributed by atoms with Crippen molar-refractivity contribution in [1.29, 1.82) is 5.26 Å². The predicted molar refractivity (Wildman–Crippen MR) is 48.6 cm³/mol. The van der Waals surface area contributed by atoms with Crippen LogP contribution in [-0.4, -0.2) is 9.97 Å². The smallest absolute Gasteiger partial charge is 0.117 e. The summed E-state index contributed by atoms with van der Waals surface area (Å²) in [6.45, 7) is 3.57. The Hall–Kier alpha value is -1.87. The van der Waals surface area contributed by atoms with Gasteiger partial charge in [0.15, 0.2) is 0 Å². The van der Waals surface area contributed by atoms with E-state index < -0.39 is 5.41 Å². The summed E-state index contributed by atoms with van der Waals surface area (Å²) < 4.78 is 0. The predicted octanol–water partition coefficient (Wildman–Crippen LogP) is 1.26. The highest BCUT2D eigenvalue weighted by Gasteiger charge is 2.21. The van der Waals surface area contributed by atoms with Crippen LogP contribution in [0.2, 0.25) is 0 Å². The summed E-state index contributed by atoms with van der Waals surface area (Å²) in [4.78, 5) is 7.85. The SMILES string of the molecule is C#Cc1cc(C(C)(C)C#N)ncn1. The largest absolute Gasteiger partial charge is 0.240 e. The van der Waals surface area contributed by atoms with Crippen molar-refractivity contribution in [3.8, 4) is 18.4 Å². The molecule has 64 valence electrons. The van der Waals surface area contributed by atoms with Crippen LogP contribution < -0.4 is 0 Å². The van der Waals surface area contributed by atoms with Crippen LogP contribution in [0.15, 0.2) is 12.4 Å². The lowest BCUT2D eigenvalue weighted by Crippen LogP contribution is -2.16. The van der Waals surface area contributed by atoms with E-state index in [1.165, 1.54) is 6.33 Å². The highest BCUT2D eigenvalue weighted by Crippen LogP contribution is 2.19. The van der Waals surface area contributed by atoms with E-state index in [1.54, 1.807) is 19.9 Å². The van der Waals surface area contributed by atoms with Crippen molar-refractivity contribution in [3.05, 3.63) is 23.8 Å². The molecule has 0 saturated heterocycles. The zero-order chi connectivity index (χ0) is 9.90. The van der Waals surface area contributed by atoms with Crippen LogP contribution in [0, 0.1) is 23.7 Å². The molecular formula is C10H9N3. The summed E-state index contributed by atoms with van der Waals surface area (Å²) in [6.07, 6.45) is 6.56. The molecule has 0 fully saturated rings. The quantitative estimate of drug-likeness (QED) is 0.597. The average molecular weight is 171 g/mol. The molecule has 3 nitrogen and oxygen atoms in total. The molecule has 0 radical (unpaired) electrons. The van der Waals surface area contributed by atoms with E-state index in [0.29, 0.717) is 11.4 Å². The molecule has 0 spiro atoms. The normalized spacial score (nSPS) is 10.2. The van der Waals surface area contributed by atoms with E-state index in [1.807, 2.05) is 0 Å². The van der Waals surface area contributed by atoms with Gasteiger partial charge in [0.1, 0.15) is 12.0 Å². The second-order valence-electron chi connectivity index (χ2n) is 3.17. The molecule has 0 atom stereocenters. The van der Waals surface area contributed by atoms with Crippen LogP contribution in [0.25, 0.3) is 0 Å². The summed E-state index contributed by atoms with van der Waals surface area (Å²) >= 11 is 0. The lowest BCUT2D eigenvalue weighted by atomic mass is 9.91. The number of hydrogen-bond donors (Lipinski definition) is 0. The van der Waals surface area contributed by atoms with Gasteiger partial charge >= 0.3 is 0 Å². The molecule has 0 saturated carbocycles. The summed E-state index contributed by atoms with van der Waals surface area (Å²) in [5.74, 6) is 2.40. The minimum Gasteiger partial charge on any atom is -0.240 e. The van der Waals surface area contributed by atoms with Gasteiger partial charge < -0.3 is 0 Å². The van der Waals surface area contributed by atoms with Crippen molar-refractivity contribution in [2.24, 2.45) is 0 Å². The van der Waals surface area contributed by atoms with Crippen molar-refractivity contribution in [2.75, 3.05) is 0 Å². The molecule has 1 aromatic heterocycles. The Balaban J connectivity index is 3.20. The highest BCUT2D eigenvalue weighted by molar-refractivity contribution is 5.30. The Labute approximate surface area is 77.5 Å². The Kier molecular flexibility index (Phi) is 2.30.